The fourth-order valence-corrected chi connectivity index (χ4v) is 1.06. The van der Waals surface area contributed by atoms with Crippen LogP contribution in [0.25, 0.3) is 0 Å². The Labute approximate surface area is 83.8 Å². The number of carboxylic acids is 1. The second kappa shape index (κ2) is 4.46. The molecule has 15 heavy (non-hydrogen) atoms. The summed E-state index contributed by atoms with van der Waals surface area (Å²) in [5, 5.41) is 16.9. The molecule has 4 nitrogen and oxygen atoms in total. The molecule has 1 N–H and O–H groups in total. The molecule has 0 radical (unpaired) electrons. The van der Waals surface area contributed by atoms with E-state index in [-0.39, 0.29) is 11.4 Å². The molecule has 0 aliphatic heterocycles. The van der Waals surface area contributed by atoms with Crippen molar-refractivity contribution in [2.45, 2.75) is 12.8 Å². The summed E-state index contributed by atoms with van der Waals surface area (Å²) >= 11 is 0. The summed E-state index contributed by atoms with van der Waals surface area (Å²) < 4.78 is 24.8. The maximum Gasteiger partial charge on any atom is 0.309 e. The Hall–Kier alpha value is -2.03. The predicted molar refractivity (Wildman–Crippen MR) is 45.2 cm³/mol. The van der Waals surface area contributed by atoms with Gasteiger partial charge >= 0.3 is 5.97 Å². The molecule has 0 saturated heterocycles. The van der Waals surface area contributed by atoms with Crippen molar-refractivity contribution in [2.75, 3.05) is 0 Å². The fourth-order valence-electron chi connectivity index (χ4n) is 1.06. The Kier molecular flexibility index (Phi) is 3.29. The standard InChI is InChI=1S/C9H6F2N2O2/c10-9(11)6-2-1-5(4-12)13-7(6)3-8(14)15/h1-2,9H,3H2,(H,14,15). The van der Waals surface area contributed by atoms with Crippen LogP contribution in [0, 0.1) is 11.3 Å². The van der Waals surface area contributed by atoms with Crippen LogP contribution in [-0.2, 0) is 11.2 Å². The van der Waals surface area contributed by atoms with Crippen LogP contribution in [0.5, 0.6) is 0 Å². The van der Waals surface area contributed by atoms with Gasteiger partial charge in [0.25, 0.3) is 6.43 Å². The molecular weight excluding hydrogens is 206 g/mol. The highest BCUT2D eigenvalue weighted by Gasteiger charge is 2.16. The maximum atomic E-state index is 12.4. The van der Waals surface area contributed by atoms with E-state index in [0.717, 1.165) is 12.1 Å². The third-order valence-electron chi connectivity index (χ3n) is 1.68. The number of halogens is 2. The molecule has 0 bridgehead atoms. The molecule has 0 aromatic carbocycles. The Balaban J connectivity index is 3.17. The van der Waals surface area contributed by atoms with Crippen LogP contribution in [0.2, 0.25) is 0 Å². The molecule has 6 heteroatoms. The number of carbonyl (C=O) groups is 1. The van der Waals surface area contributed by atoms with Gasteiger partial charge in [-0.05, 0) is 12.1 Å². The van der Waals surface area contributed by atoms with Gasteiger partial charge in [0.15, 0.2) is 0 Å². The minimum absolute atomic E-state index is 0.0735. The highest BCUT2D eigenvalue weighted by atomic mass is 19.3. The molecule has 0 aliphatic rings. The van der Waals surface area contributed by atoms with Gasteiger partial charge < -0.3 is 5.11 Å². The van der Waals surface area contributed by atoms with E-state index in [1.54, 1.807) is 6.07 Å². The van der Waals surface area contributed by atoms with Crippen molar-refractivity contribution >= 4 is 5.97 Å². The predicted octanol–water partition coefficient (Wildman–Crippen LogP) is 1.52. The summed E-state index contributed by atoms with van der Waals surface area (Å²) in [4.78, 5) is 13.9. The minimum atomic E-state index is -2.79. The first kappa shape index (κ1) is 11.0. The Morgan fingerprint density at radius 2 is 2.27 bits per heavy atom. The number of alkyl halides is 2. The van der Waals surface area contributed by atoms with E-state index in [9.17, 15) is 13.6 Å². The van der Waals surface area contributed by atoms with Crippen LogP contribution in [0.4, 0.5) is 8.78 Å². The number of nitriles is 1. The number of pyridine rings is 1. The van der Waals surface area contributed by atoms with Crippen LogP contribution < -0.4 is 0 Å². The molecule has 1 aromatic heterocycles. The SMILES string of the molecule is N#Cc1ccc(C(F)F)c(CC(=O)O)n1. The van der Waals surface area contributed by atoms with E-state index in [1.807, 2.05) is 0 Å². The van der Waals surface area contributed by atoms with E-state index in [4.69, 9.17) is 10.4 Å². The summed E-state index contributed by atoms with van der Waals surface area (Å²) in [5.74, 6) is -1.26. The Morgan fingerprint density at radius 3 is 2.73 bits per heavy atom. The molecule has 0 saturated carbocycles. The number of hydrogen-bond acceptors (Lipinski definition) is 3. The zero-order chi connectivity index (χ0) is 11.4. The fraction of sp³-hybridized carbons (Fsp3) is 0.222. The van der Waals surface area contributed by atoms with Crippen LogP contribution in [-0.4, -0.2) is 16.1 Å². The number of nitrogens with zero attached hydrogens (tertiary/aromatic N) is 2. The maximum absolute atomic E-state index is 12.4. The molecule has 0 unspecified atom stereocenters. The average molecular weight is 212 g/mol. The first-order chi connectivity index (χ1) is 7.04. The van der Waals surface area contributed by atoms with E-state index < -0.39 is 24.4 Å². The quantitative estimate of drug-likeness (QED) is 0.824. The topological polar surface area (TPSA) is 74.0 Å². The van der Waals surface area contributed by atoms with Gasteiger partial charge in [-0.2, -0.15) is 5.26 Å². The molecule has 1 heterocycles. The van der Waals surface area contributed by atoms with Crippen LogP contribution in [0.3, 0.4) is 0 Å². The number of carboxylic acid groups (broad SMARTS) is 1. The smallest absolute Gasteiger partial charge is 0.309 e. The van der Waals surface area contributed by atoms with Gasteiger partial charge in [0.05, 0.1) is 12.1 Å². The lowest BCUT2D eigenvalue weighted by Crippen LogP contribution is -2.07. The van der Waals surface area contributed by atoms with Gasteiger partial charge in [-0.25, -0.2) is 13.8 Å². The second-order valence-electron chi connectivity index (χ2n) is 2.72. The third kappa shape index (κ3) is 2.71. The molecule has 0 spiro atoms. The Morgan fingerprint density at radius 1 is 1.60 bits per heavy atom. The van der Waals surface area contributed by atoms with Crippen LogP contribution >= 0.6 is 0 Å². The summed E-state index contributed by atoms with van der Waals surface area (Å²) in [6.45, 7) is 0. The normalized spacial score (nSPS) is 10.0. The van der Waals surface area contributed by atoms with Gasteiger partial charge in [-0.1, -0.05) is 0 Å². The van der Waals surface area contributed by atoms with E-state index in [2.05, 4.69) is 4.98 Å². The molecule has 0 amide bonds. The van der Waals surface area contributed by atoms with Gasteiger partial charge in [-0.3, -0.25) is 4.79 Å². The van der Waals surface area contributed by atoms with Crippen molar-refractivity contribution in [1.82, 2.24) is 4.98 Å². The van der Waals surface area contributed by atoms with Crippen LogP contribution in [0.1, 0.15) is 23.4 Å². The molecule has 0 atom stereocenters. The minimum Gasteiger partial charge on any atom is -0.481 e. The van der Waals surface area contributed by atoms with Gasteiger partial charge in [0.2, 0.25) is 0 Å². The second-order valence-corrected chi connectivity index (χ2v) is 2.72. The molecule has 0 fully saturated rings. The number of aromatic nitrogens is 1. The number of aliphatic carboxylic acids is 1. The van der Waals surface area contributed by atoms with Crippen molar-refractivity contribution in [2.24, 2.45) is 0 Å². The van der Waals surface area contributed by atoms with E-state index >= 15 is 0 Å². The van der Waals surface area contributed by atoms with Crippen molar-refractivity contribution in [3.05, 3.63) is 29.1 Å². The summed E-state index contributed by atoms with van der Waals surface area (Å²) in [5.41, 5.74) is -0.788. The molecule has 78 valence electrons. The molecule has 0 aliphatic carbocycles. The summed E-state index contributed by atoms with van der Waals surface area (Å²) in [6, 6.07) is 3.81. The zero-order valence-corrected chi connectivity index (χ0v) is 7.44. The largest absolute Gasteiger partial charge is 0.481 e. The highest BCUT2D eigenvalue weighted by molar-refractivity contribution is 5.70. The van der Waals surface area contributed by atoms with E-state index in [0.29, 0.717) is 0 Å². The monoisotopic (exact) mass is 212 g/mol. The average Bonchev–Trinajstić information content (AvgIpc) is 2.16. The van der Waals surface area contributed by atoms with Crippen molar-refractivity contribution in [1.29, 1.82) is 5.26 Å². The molecule has 1 aromatic rings. The lowest BCUT2D eigenvalue weighted by molar-refractivity contribution is -0.136. The Bertz CT molecular complexity index is 427. The number of hydrogen-bond donors (Lipinski definition) is 1. The molecule has 1 rings (SSSR count). The lowest BCUT2D eigenvalue weighted by atomic mass is 10.1. The van der Waals surface area contributed by atoms with Gasteiger partial charge in [0, 0.05) is 5.56 Å². The van der Waals surface area contributed by atoms with Crippen molar-refractivity contribution < 1.29 is 18.7 Å². The van der Waals surface area contributed by atoms with Crippen molar-refractivity contribution in [3.8, 4) is 6.07 Å². The van der Waals surface area contributed by atoms with Gasteiger partial charge in [0.1, 0.15) is 11.8 Å². The highest BCUT2D eigenvalue weighted by Crippen LogP contribution is 2.22. The van der Waals surface area contributed by atoms with Crippen LogP contribution in [0.15, 0.2) is 12.1 Å². The number of rotatable bonds is 3. The first-order valence-corrected chi connectivity index (χ1v) is 3.94. The summed E-state index contributed by atoms with van der Waals surface area (Å²) in [7, 11) is 0. The van der Waals surface area contributed by atoms with Crippen molar-refractivity contribution in [3.63, 3.8) is 0 Å². The lowest BCUT2D eigenvalue weighted by Gasteiger charge is -2.05. The third-order valence-corrected chi connectivity index (χ3v) is 1.68. The molecular formula is C9H6F2N2O2. The van der Waals surface area contributed by atoms with E-state index in [1.165, 1.54) is 0 Å². The zero-order valence-electron chi connectivity index (χ0n) is 7.44. The summed E-state index contributed by atoms with van der Waals surface area (Å²) in [6.07, 6.45) is -3.41. The van der Waals surface area contributed by atoms with Gasteiger partial charge in [-0.15, -0.1) is 0 Å². The first-order valence-electron chi connectivity index (χ1n) is 3.94.